The molecule has 2 rings (SSSR count). The summed E-state index contributed by atoms with van der Waals surface area (Å²) < 4.78 is 0. The number of rotatable bonds is 4. The third-order valence-corrected chi connectivity index (χ3v) is 4.00. The summed E-state index contributed by atoms with van der Waals surface area (Å²) in [4.78, 5) is 34.8. The lowest BCUT2D eigenvalue weighted by Crippen LogP contribution is -2.20. The van der Waals surface area contributed by atoms with Crippen LogP contribution in [0, 0.1) is 17.3 Å². The van der Waals surface area contributed by atoms with Gasteiger partial charge in [-0.1, -0.05) is 19.9 Å². The van der Waals surface area contributed by atoms with Gasteiger partial charge < -0.3 is 15.7 Å². The molecule has 1 saturated carbocycles. The van der Waals surface area contributed by atoms with Gasteiger partial charge in [0.2, 0.25) is 5.91 Å². The highest BCUT2D eigenvalue weighted by Crippen LogP contribution is 2.58. The molecule has 1 aliphatic carbocycles. The topological polar surface area (TPSA) is 95.5 Å². The third kappa shape index (κ3) is 2.74. The zero-order valence-electron chi connectivity index (χ0n) is 12.1. The first-order valence-electron chi connectivity index (χ1n) is 6.65. The average molecular weight is 290 g/mol. The molecule has 0 radical (unpaired) electrons. The average Bonchev–Trinajstić information content (AvgIpc) is 3.01. The third-order valence-electron chi connectivity index (χ3n) is 4.00. The number of aliphatic carboxylic acids is 1. The number of carbonyl (C=O) groups excluding carboxylic acids is 2. The summed E-state index contributed by atoms with van der Waals surface area (Å²) in [6.07, 6.45) is 0. The quantitative estimate of drug-likeness (QED) is 0.779. The van der Waals surface area contributed by atoms with Gasteiger partial charge in [0.05, 0.1) is 11.8 Å². The van der Waals surface area contributed by atoms with Gasteiger partial charge in [0.1, 0.15) is 0 Å². The van der Waals surface area contributed by atoms with Crippen molar-refractivity contribution in [2.45, 2.75) is 13.8 Å². The minimum atomic E-state index is -0.959. The van der Waals surface area contributed by atoms with Gasteiger partial charge in [-0.2, -0.15) is 0 Å². The highest BCUT2D eigenvalue weighted by atomic mass is 16.4. The molecule has 0 bridgehead atoms. The van der Waals surface area contributed by atoms with Gasteiger partial charge in [0, 0.05) is 18.3 Å². The largest absolute Gasteiger partial charge is 0.481 e. The maximum absolute atomic E-state index is 12.2. The number of hydrogen-bond donors (Lipinski definition) is 3. The number of anilines is 1. The monoisotopic (exact) mass is 290 g/mol. The summed E-state index contributed by atoms with van der Waals surface area (Å²) in [6.45, 7) is 3.52. The fourth-order valence-electron chi connectivity index (χ4n) is 2.69. The van der Waals surface area contributed by atoms with E-state index >= 15 is 0 Å². The Hall–Kier alpha value is -2.37. The van der Waals surface area contributed by atoms with E-state index < -0.39 is 23.2 Å². The summed E-state index contributed by atoms with van der Waals surface area (Å²) in [6, 6.07) is 6.51. The molecule has 0 heterocycles. The first kappa shape index (κ1) is 15.0. The number of carboxylic acid groups (broad SMARTS) is 1. The highest BCUT2D eigenvalue weighted by molar-refractivity contribution is 6.01. The first-order chi connectivity index (χ1) is 9.78. The number of nitrogens with one attached hydrogen (secondary N) is 2. The van der Waals surface area contributed by atoms with E-state index in [9.17, 15) is 14.4 Å². The molecule has 6 nitrogen and oxygen atoms in total. The van der Waals surface area contributed by atoms with Crippen molar-refractivity contribution < 1.29 is 19.5 Å². The molecule has 0 aromatic heterocycles. The zero-order chi connectivity index (χ0) is 15.8. The van der Waals surface area contributed by atoms with Crippen LogP contribution in [0.5, 0.6) is 0 Å². The molecule has 3 N–H and O–H groups in total. The van der Waals surface area contributed by atoms with E-state index in [-0.39, 0.29) is 11.8 Å². The van der Waals surface area contributed by atoms with E-state index in [2.05, 4.69) is 10.6 Å². The second kappa shape index (κ2) is 5.20. The van der Waals surface area contributed by atoms with Crippen LogP contribution in [-0.4, -0.2) is 29.9 Å². The maximum atomic E-state index is 12.2. The minimum Gasteiger partial charge on any atom is -0.481 e. The Bertz CT molecular complexity index is 609. The van der Waals surface area contributed by atoms with Crippen LogP contribution in [0.2, 0.25) is 0 Å². The van der Waals surface area contributed by atoms with Crippen molar-refractivity contribution in [1.29, 1.82) is 0 Å². The van der Waals surface area contributed by atoms with Gasteiger partial charge in [0.15, 0.2) is 0 Å². The Morgan fingerprint density at radius 1 is 1.19 bits per heavy atom. The highest BCUT2D eigenvalue weighted by Gasteiger charge is 2.65. The number of amides is 2. The normalized spacial score (nSPS) is 22.2. The fourth-order valence-corrected chi connectivity index (χ4v) is 2.69. The van der Waals surface area contributed by atoms with E-state index in [0.717, 1.165) is 0 Å². The van der Waals surface area contributed by atoms with Gasteiger partial charge in [-0.25, -0.2) is 0 Å². The lowest BCUT2D eigenvalue weighted by molar-refractivity contribution is -0.140. The van der Waals surface area contributed by atoms with E-state index in [4.69, 9.17) is 5.11 Å². The second-order valence-electron chi connectivity index (χ2n) is 5.76. The van der Waals surface area contributed by atoms with Gasteiger partial charge in [-0.3, -0.25) is 14.4 Å². The van der Waals surface area contributed by atoms with Crippen LogP contribution in [0.1, 0.15) is 24.2 Å². The Kier molecular flexibility index (Phi) is 3.72. The van der Waals surface area contributed by atoms with E-state index in [1.807, 2.05) is 0 Å². The van der Waals surface area contributed by atoms with Gasteiger partial charge in [-0.15, -0.1) is 0 Å². The number of carbonyl (C=O) groups is 3. The molecule has 112 valence electrons. The van der Waals surface area contributed by atoms with E-state index in [0.29, 0.717) is 11.3 Å². The Labute approximate surface area is 122 Å². The molecule has 1 aliphatic rings. The van der Waals surface area contributed by atoms with Crippen LogP contribution in [0.25, 0.3) is 0 Å². The molecule has 2 amide bonds. The Balaban J connectivity index is 2.11. The zero-order valence-corrected chi connectivity index (χ0v) is 12.1. The van der Waals surface area contributed by atoms with Crippen LogP contribution < -0.4 is 10.6 Å². The van der Waals surface area contributed by atoms with Crippen molar-refractivity contribution >= 4 is 23.5 Å². The molecule has 0 spiro atoms. The van der Waals surface area contributed by atoms with Gasteiger partial charge in [-0.05, 0) is 23.6 Å². The van der Waals surface area contributed by atoms with Gasteiger partial charge in [0.25, 0.3) is 5.91 Å². The Morgan fingerprint density at radius 3 is 2.38 bits per heavy atom. The Morgan fingerprint density at radius 2 is 1.86 bits per heavy atom. The van der Waals surface area contributed by atoms with Crippen molar-refractivity contribution in [3.63, 3.8) is 0 Å². The molecule has 1 aromatic carbocycles. The molecular formula is C15H18N2O4. The number of hydrogen-bond acceptors (Lipinski definition) is 3. The van der Waals surface area contributed by atoms with Crippen LogP contribution >= 0.6 is 0 Å². The summed E-state index contributed by atoms with van der Waals surface area (Å²) in [5, 5.41) is 14.3. The number of carboxylic acids is 1. The summed E-state index contributed by atoms with van der Waals surface area (Å²) >= 11 is 0. The molecule has 21 heavy (non-hydrogen) atoms. The van der Waals surface area contributed by atoms with Crippen molar-refractivity contribution in [1.82, 2.24) is 5.32 Å². The lowest BCUT2D eigenvalue weighted by Gasteiger charge is -2.07. The standard InChI is InChI=1S/C15H18N2O4/c1-15(2)10(11(15)14(20)21)13(19)17-9-6-4-5-8(7-9)12(18)16-3/h4-7,10-11H,1-3H3,(H,16,18)(H,17,19)(H,20,21)/t10-,11+/m0/s1. The predicted octanol–water partition coefficient (Wildman–Crippen LogP) is 1.34. The predicted molar refractivity (Wildman–Crippen MR) is 76.9 cm³/mol. The first-order valence-corrected chi connectivity index (χ1v) is 6.65. The van der Waals surface area contributed by atoms with Crippen molar-refractivity contribution in [3.05, 3.63) is 29.8 Å². The summed E-state index contributed by atoms with van der Waals surface area (Å²) in [5.41, 5.74) is 0.363. The second-order valence-corrected chi connectivity index (χ2v) is 5.76. The summed E-state index contributed by atoms with van der Waals surface area (Å²) in [7, 11) is 1.53. The van der Waals surface area contributed by atoms with E-state index in [1.165, 1.54) is 7.05 Å². The SMILES string of the molecule is CNC(=O)c1cccc(NC(=O)[C@@H]2[C@H](C(=O)O)C2(C)C)c1. The summed E-state index contributed by atoms with van der Waals surface area (Å²) in [5.74, 6) is -2.76. The molecular weight excluding hydrogens is 272 g/mol. The minimum absolute atomic E-state index is 0.249. The van der Waals surface area contributed by atoms with Crippen molar-refractivity contribution in [2.24, 2.45) is 17.3 Å². The van der Waals surface area contributed by atoms with Crippen LogP contribution in [0.15, 0.2) is 24.3 Å². The maximum Gasteiger partial charge on any atom is 0.307 e. The number of benzene rings is 1. The molecule has 0 unspecified atom stereocenters. The lowest BCUT2D eigenvalue weighted by atomic mass is 10.1. The van der Waals surface area contributed by atoms with Crippen LogP contribution in [0.4, 0.5) is 5.69 Å². The molecule has 0 saturated heterocycles. The molecule has 1 fully saturated rings. The smallest absolute Gasteiger partial charge is 0.307 e. The van der Waals surface area contributed by atoms with Crippen molar-refractivity contribution in [2.75, 3.05) is 12.4 Å². The van der Waals surface area contributed by atoms with E-state index in [1.54, 1.807) is 38.1 Å². The molecule has 1 aromatic rings. The van der Waals surface area contributed by atoms with Crippen molar-refractivity contribution in [3.8, 4) is 0 Å². The fraction of sp³-hybridized carbons (Fsp3) is 0.400. The van der Waals surface area contributed by atoms with Gasteiger partial charge >= 0.3 is 5.97 Å². The molecule has 2 atom stereocenters. The molecule has 0 aliphatic heterocycles. The molecule has 6 heteroatoms. The van der Waals surface area contributed by atoms with Crippen LogP contribution in [-0.2, 0) is 9.59 Å². The van der Waals surface area contributed by atoms with Crippen LogP contribution in [0.3, 0.4) is 0 Å².